The number of benzene rings is 1. The largest absolute Gasteiger partial charge is 0.462 e. The van der Waals surface area contributed by atoms with Gasteiger partial charge in [-0.2, -0.15) is 5.09 Å². The Kier molecular flexibility index (Phi) is 6.73. The third-order valence-corrected chi connectivity index (χ3v) is 7.05. The maximum Gasteiger partial charge on any atom is 0.459 e. The molecule has 0 bridgehead atoms. The molecular weight excluding hydrogens is 488 g/mol. The molecule has 1 fully saturated rings. The molecule has 0 amide bonds. The van der Waals surface area contributed by atoms with Gasteiger partial charge >= 0.3 is 19.4 Å². The summed E-state index contributed by atoms with van der Waals surface area (Å²) in [5, 5.41) is 13.0. The van der Waals surface area contributed by atoms with E-state index in [0.29, 0.717) is 5.56 Å². The molecule has 2 aliphatic rings. The van der Waals surface area contributed by atoms with E-state index in [2.05, 4.69) is 5.09 Å². The fourth-order valence-corrected chi connectivity index (χ4v) is 5.37. The second-order valence-corrected chi connectivity index (χ2v) is 10.3. The topological polar surface area (TPSA) is 158 Å². The van der Waals surface area contributed by atoms with Gasteiger partial charge in [-0.3, -0.25) is 18.9 Å². The lowest BCUT2D eigenvalue weighted by molar-refractivity contribution is -0.150. The van der Waals surface area contributed by atoms with Crippen molar-refractivity contribution in [2.75, 3.05) is 6.61 Å². The number of alkyl halides is 1. The van der Waals surface area contributed by atoms with Gasteiger partial charge in [-0.05, 0) is 26.8 Å². The lowest BCUT2D eigenvalue weighted by atomic mass is 9.98. The van der Waals surface area contributed by atoms with Gasteiger partial charge in [-0.25, -0.2) is 18.5 Å². The molecule has 0 radical (unpaired) electrons. The van der Waals surface area contributed by atoms with Gasteiger partial charge in [0.1, 0.15) is 24.0 Å². The fraction of sp³-hybridized carbons (Fsp3) is 0.476. The van der Waals surface area contributed by atoms with E-state index < -0.39 is 67.8 Å². The van der Waals surface area contributed by atoms with Gasteiger partial charge < -0.3 is 19.1 Å². The van der Waals surface area contributed by atoms with Crippen molar-refractivity contribution in [3.05, 3.63) is 62.9 Å². The number of hydrogen-bond donors (Lipinski definition) is 3. The maximum absolute atomic E-state index is 15.4. The van der Waals surface area contributed by atoms with Crippen LogP contribution in [0.4, 0.5) is 4.39 Å². The highest BCUT2D eigenvalue weighted by Gasteiger charge is 2.56. The fourth-order valence-electron chi connectivity index (χ4n) is 3.86. The molecule has 0 aliphatic carbocycles. The van der Waals surface area contributed by atoms with Crippen LogP contribution < -0.4 is 20.9 Å². The number of ether oxygens (including phenoxy) is 2. The van der Waals surface area contributed by atoms with Crippen molar-refractivity contribution in [2.45, 2.75) is 57.0 Å². The van der Waals surface area contributed by atoms with Crippen molar-refractivity contribution in [1.82, 2.24) is 14.6 Å². The highest BCUT2D eigenvalue weighted by Crippen LogP contribution is 2.53. The van der Waals surface area contributed by atoms with Crippen LogP contribution in [0.5, 0.6) is 5.75 Å². The number of fused-ring (bicyclic) bond motifs is 1. The van der Waals surface area contributed by atoms with E-state index in [0.717, 1.165) is 23.8 Å². The molecule has 1 saturated heterocycles. The van der Waals surface area contributed by atoms with Gasteiger partial charge in [0.15, 0.2) is 11.9 Å². The van der Waals surface area contributed by atoms with E-state index >= 15 is 4.39 Å². The monoisotopic (exact) mass is 513 g/mol. The Morgan fingerprint density at radius 3 is 2.71 bits per heavy atom. The Labute approximate surface area is 198 Å². The molecule has 35 heavy (non-hydrogen) atoms. The van der Waals surface area contributed by atoms with Crippen molar-refractivity contribution < 1.29 is 37.4 Å². The molecule has 6 atom stereocenters. The maximum atomic E-state index is 15.4. The van der Waals surface area contributed by atoms with Crippen molar-refractivity contribution >= 4 is 13.7 Å². The van der Waals surface area contributed by atoms with Gasteiger partial charge in [0.25, 0.3) is 5.56 Å². The number of hydrogen-bond acceptors (Lipinski definition) is 9. The first kappa shape index (κ1) is 25.3. The highest BCUT2D eigenvalue weighted by atomic mass is 31.2. The number of aromatic nitrogens is 2. The lowest BCUT2D eigenvalue weighted by Crippen LogP contribution is -2.43. The molecule has 3 N–H and O–H groups in total. The van der Waals surface area contributed by atoms with Crippen LogP contribution >= 0.6 is 7.75 Å². The Morgan fingerprint density at radius 2 is 2.03 bits per heavy atom. The number of halogens is 1. The number of aliphatic hydroxyl groups is 1. The van der Waals surface area contributed by atoms with Gasteiger partial charge in [-0.1, -0.05) is 18.2 Å². The summed E-state index contributed by atoms with van der Waals surface area (Å²) in [6.07, 6.45) is -4.17. The first-order valence-corrected chi connectivity index (χ1v) is 12.3. The highest BCUT2D eigenvalue weighted by molar-refractivity contribution is 7.52. The number of esters is 1. The summed E-state index contributed by atoms with van der Waals surface area (Å²) >= 11 is 0. The van der Waals surface area contributed by atoms with E-state index in [1.807, 2.05) is 4.98 Å². The molecule has 4 rings (SSSR count). The average Bonchev–Trinajstić information content (AvgIpc) is 3.00. The number of carbonyl (C=O) groups is 1. The Morgan fingerprint density at radius 1 is 1.31 bits per heavy atom. The summed E-state index contributed by atoms with van der Waals surface area (Å²) in [5.41, 5.74) is -3.70. The molecule has 0 spiro atoms. The first-order chi connectivity index (χ1) is 16.4. The minimum Gasteiger partial charge on any atom is -0.462 e. The standard InChI is InChI=1S/C21H25FN3O9P/c1-11(2)32-18(28)16-12-6-4-5-7-13(12)34-35(30,24-16)31-10-14-17(27)21(3,22)19(33-14)25-9-8-15(26)23-20(25)29/h4-9,11,14,16-17,19,27H,10H2,1-3H3,(H,24,30)(H,23,26,29)/t14-,16+,17-,19-,21-,35+/m1/s1. The van der Waals surface area contributed by atoms with Crippen molar-refractivity contribution in [3.8, 4) is 5.75 Å². The van der Waals surface area contributed by atoms with Gasteiger partial charge in [0.05, 0.1) is 12.7 Å². The molecule has 2 aliphatic heterocycles. The van der Waals surface area contributed by atoms with E-state index in [-0.39, 0.29) is 5.75 Å². The minimum atomic E-state index is -4.21. The van der Waals surface area contributed by atoms with E-state index in [4.69, 9.17) is 18.5 Å². The van der Waals surface area contributed by atoms with Crippen LogP contribution in [0.2, 0.25) is 0 Å². The number of nitrogens with one attached hydrogen (secondary N) is 2. The molecule has 1 aromatic heterocycles. The number of nitrogens with zero attached hydrogens (tertiary/aromatic N) is 1. The Balaban J connectivity index is 1.53. The quantitative estimate of drug-likeness (QED) is 0.380. The molecule has 1 aromatic carbocycles. The zero-order valence-electron chi connectivity index (χ0n) is 19.0. The van der Waals surface area contributed by atoms with Crippen molar-refractivity contribution in [2.24, 2.45) is 0 Å². The predicted octanol–water partition coefficient (Wildman–Crippen LogP) is 1.32. The second-order valence-electron chi connectivity index (χ2n) is 8.61. The SMILES string of the molecule is CC(C)OC(=O)[C@H]1N[P@](=O)(OC[C@H]2O[C@@H](n3ccc(=O)[nH]c3=O)[C@](C)(F)[C@@H]2O)Oc2ccccc21. The van der Waals surface area contributed by atoms with Crippen LogP contribution in [0.15, 0.2) is 46.1 Å². The first-order valence-electron chi connectivity index (χ1n) is 10.8. The molecule has 190 valence electrons. The summed E-state index contributed by atoms with van der Waals surface area (Å²) in [6.45, 7) is 3.73. The number of H-pyrrole nitrogens is 1. The normalized spacial score (nSPS) is 32.2. The molecule has 0 unspecified atom stereocenters. The van der Waals surface area contributed by atoms with E-state index in [1.165, 1.54) is 6.07 Å². The smallest absolute Gasteiger partial charge is 0.459 e. The molecule has 14 heteroatoms. The van der Waals surface area contributed by atoms with E-state index in [1.54, 1.807) is 32.0 Å². The number of aromatic amines is 1. The van der Waals surface area contributed by atoms with Crippen LogP contribution in [0, 0.1) is 0 Å². The summed E-state index contributed by atoms with van der Waals surface area (Å²) in [6, 6.07) is 6.22. The van der Waals surface area contributed by atoms with Gasteiger partial charge in [-0.15, -0.1) is 0 Å². The van der Waals surface area contributed by atoms with Crippen LogP contribution in [-0.2, 0) is 23.4 Å². The van der Waals surface area contributed by atoms with Crippen molar-refractivity contribution in [3.63, 3.8) is 0 Å². The number of carbonyl (C=O) groups excluding carboxylic acids is 1. The lowest BCUT2D eigenvalue weighted by Gasteiger charge is -2.32. The molecular formula is C21H25FN3O9P. The Bertz CT molecular complexity index is 1280. The zero-order chi connectivity index (χ0) is 25.5. The number of rotatable bonds is 6. The summed E-state index contributed by atoms with van der Waals surface area (Å²) in [5.74, 6) is -0.577. The summed E-state index contributed by atoms with van der Waals surface area (Å²) < 4.78 is 51.2. The average molecular weight is 513 g/mol. The van der Waals surface area contributed by atoms with Crippen LogP contribution in [0.3, 0.4) is 0 Å². The summed E-state index contributed by atoms with van der Waals surface area (Å²) in [4.78, 5) is 38.0. The number of para-hydroxylation sites is 1. The molecule has 12 nitrogen and oxygen atoms in total. The van der Waals surface area contributed by atoms with Crippen LogP contribution in [-0.4, -0.2) is 51.2 Å². The molecule has 2 aromatic rings. The van der Waals surface area contributed by atoms with Gasteiger partial charge in [0.2, 0.25) is 0 Å². The molecule has 3 heterocycles. The van der Waals surface area contributed by atoms with E-state index in [9.17, 15) is 24.1 Å². The van der Waals surface area contributed by atoms with Crippen molar-refractivity contribution in [1.29, 1.82) is 0 Å². The summed E-state index contributed by atoms with van der Waals surface area (Å²) in [7, 11) is -4.21. The second kappa shape index (κ2) is 9.32. The Hall–Kier alpha value is -2.83. The molecule has 0 saturated carbocycles. The van der Waals surface area contributed by atoms with Crippen LogP contribution in [0.1, 0.15) is 38.6 Å². The zero-order valence-corrected chi connectivity index (χ0v) is 19.9. The third kappa shape index (κ3) is 4.95. The minimum absolute atomic E-state index is 0.126. The predicted molar refractivity (Wildman–Crippen MR) is 118 cm³/mol. The number of aliphatic hydroxyl groups excluding tert-OH is 1. The van der Waals surface area contributed by atoms with Crippen LogP contribution in [0.25, 0.3) is 0 Å². The van der Waals surface area contributed by atoms with Gasteiger partial charge in [0, 0.05) is 17.8 Å². The third-order valence-electron chi connectivity index (χ3n) is 5.55.